The van der Waals surface area contributed by atoms with Crippen LogP contribution in [0.2, 0.25) is 15.1 Å². The average molecular weight is 658 g/mol. The fourth-order valence-corrected chi connectivity index (χ4v) is 5.20. The first kappa shape index (κ1) is 30.2. The van der Waals surface area contributed by atoms with E-state index in [2.05, 4.69) is 10.6 Å². The van der Waals surface area contributed by atoms with E-state index < -0.39 is 51.6 Å². The molecule has 0 radical (unpaired) electrons. The Balaban J connectivity index is 1.48. The van der Waals surface area contributed by atoms with Crippen molar-refractivity contribution in [2.75, 3.05) is 16.0 Å². The summed E-state index contributed by atoms with van der Waals surface area (Å²) < 4.78 is 50.1. The number of carbonyl (C=O) groups is 3. The summed E-state index contributed by atoms with van der Waals surface area (Å²) in [5, 5.41) is 6.89. The summed E-state index contributed by atoms with van der Waals surface area (Å²) >= 11 is 30.9. The highest BCUT2D eigenvalue weighted by Crippen LogP contribution is 2.65. The standard InChI is InChI=1S/C25H14Cl5F4N3O3/c26-14-5-2-11(36-22(39)20-19(24(20,29)30)10-1-4-15(27)16(28)7-10)8-13(14)21(38)35-12-3-6-17(31)18(9-12)37-23(40)25(32,33)34/h1-9,19-20H,(H,35,38)(H,36,39)(H,37,40)/t19-,20+/m0/s1. The lowest BCUT2D eigenvalue weighted by Crippen LogP contribution is -2.30. The molecule has 15 heteroatoms. The van der Waals surface area contributed by atoms with Gasteiger partial charge in [-0.2, -0.15) is 13.2 Å². The van der Waals surface area contributed by atoms with E-state index in [1.165, 1.54) is 23.5 Å². The molecule has 2 atom stereocenters. The Morgan fingerprint density at radius 1 is 0.775 bits per heavy atom. The summed E-state index contributed by atoms with van der Waals surface area (Å²) in [6.45, 7) is 0. The summed E-state index contributed by atoms with van der Waals surface area (Å²) in [4.78, 5) is 37.0. The normalized spacial score (nSPS) is 17.6. The molecule has 0 bridgehead atoms. The van der Waals surface area contributed by atoms with Crippen LogP contribution < -0.4 is 16.0 Å². The van der Waals surface area contributed by atoms with Crippen molar-refractivity contribution in [3.8, 4) is 0 Å². The van der Waals surface area contributed by atoms with E-state index in [9.17, 15) is 31.9 Å². The molecule has 6 nitrogen and oxygen atoms in total. The molecule has 40 heavy (non-hydrogen) atoms. The fourth-order valence-electron chi connectivity index (χ4n) is 3.86. The van der Waals surface area contributed by atoms with Crippen LogP contribution in [0.4, 0.5) is 34.6 Å². The van der Waals surface area contributed by atoms with Gasteiger partial charge in [-0.25, -0.2) is 4.39 Å². The van der Waals surface area contributed by atoms with Crippen LogP contribution in [-0.2, 0) is 9.59 Å². The van der Waals surface area contributed by atoms with Gasteiger partial charge in [0, 0.05) is 17.3 Å². The molecule has 1 fully saturated rings. The molecule has 0 unspecified atom stereocenters. The molecule has 4 rings (SSSR count). The Hall–Kier alpha value is -2.76. The Bertz CT molecular complexity index is 1530. The van der Waals surface area contributed by atoms with Crippen molar-refractivity contribution in [2.24, 2.45) is 5.92 Å². The van der Waals surface area contributed by atoms with Gasteiger partial charge >= 0.3 is 12.1 Å². The van der Waals surface area contributed by atoms with Gasteiger partial charge in [0.2, 0.25) is 5.91 Å². The van der Waals surface area contributed by atoms with E-state index in [-0.39, 0.29) is 27.0 Å². The number of amides is 3. The molecule has 0 heterocycles. The summed E-state index contributed by atoms with van der Waals surface area (Å²) in [5.74, 6) is -6.41. The summed E-state index contributed by atoms with van der Waals surface area (Å²) in [6.07, 6.45) is -5.25. The third kappa shape index (κ3) is 6.42. The van der Waals surface area contributed by atoms with E-state index in [4.69, 9.17) is 58.0 Å². The second-order valence-electron chi connectivity index (χ2n) is 8.59. The molecule has 0 spiro atoms. The van der Waals surface area contributed by atoms with E-state index >= 15 is 0 Å². The molecule has 1 aliphatic carbocycles. The van der Waals surface area contributed by atoms with Crippen molar-refractivity contribution >= 4 is 92.8 Å². The molecule has 3 aromatic rings. The van der Waals surface area contributed by atoms with Crippen LogP contribution in [0.15, 0.2) is 54.6 Å². The highest BCUT2D eigenvalue weighted by molar-refractivity contribution is 6.53. The maximum Gasteiger partial charge on any atom is 0.471 e. The molecule has 210 valence electrons. The SMILES string of the molecule is O=C(Nc1ccc(F)c(NC(=O)C(F)(F)F)c1)c1cc(NC(=O)[C@H]2[C@H](c3ccc(Cl)c(Cl)c3)C2(Cl)Cl)ccc1Cl. The third-order valence-electron chi connectivity index (χ3n) is 5.85. The van der Waals surface area contributed by atoms with Crippen LogP contribution in [0, 0.1) is 11.7 Å². The van der Waals surface area contributed by atoms with Crippen LogP contribution in [0.3, 0.4) is 0 Å². The lowest BCUT2D eigenvalue weighted by atomic mass is 10.1. The van der Waals surface area contributed by atoms with Crippen LogP contribution in [-0.4, -0.2) is 28.2 Å². The average Bonchev–Trinajstić information content (AvgIpc) is 3.45. The van der Waals surface area contributed by atoms with Gasteiger partial charge in [0.05, 0.1) is 32.2 Å². The van der Waals surface area contributed by atoms with Crippen molar-refractivity contribution < 1.29 is 31.9 Å². The summed E-state index contributed by atoms with van der Waals surface area (Å²) in [5.41, 5.74) is -0.337. The second kappa shape index (κ2) is 11.3. The Labute approximate surface area is 248 Å². The maximum absolute atomic E-state index is 13.9. The molecular formula is C25H14Cl5F4N3O3. The van der Waals surface area contributed by atoms with Crippen LogP contribution >= 0.6 is 58.0 Å². The second-order valence-corrected chi connectivity index (χ2v) is 11.3. The molecule has 0 saturated heterocycles. The number of alkyl halides is 5. The highest BCUT2D eigenvalue weighted by atomic mass is 35.5. The minimum Gasteiger partial charge on any atom is -0.326 e. The molecule has 1 saturated carbocycles. The van der Waals surface area contributed by atoms with Gasteiger partial charge in [0.15, 0.2) is 0 Å². The first-order valence-electron chi connectivity index (χ1n) is 11.0. The van der Waals surface area contributed by atoms with Crippen molar-refractivity contribution in [1.82, 2.24) is 0 Å². The molecular weight excluding hydrogens is 644 g/mol. The zero-order chi connectivity index (χ0) is 29.6. The van der Waals surface area contributed by atoms with Gasteiger partial charge in [-0.3, -0.25) is 14.4 Å². The van der Waals surface area contributed by atoms with Gasteiger partial charge in [-0.05, 0) is 54.1 Å². The van der Waals surface area contributed by atoms with E-state index in [1.807, 2.05) is 0 Å². The first-order valence-corrected chi connectivity index (χ1v) is 12.9. The molecule has 0 aliphatic heterocycles. The highest BCUT2D eigenvalue weighted by Gasteiger charge is 2.67. The lowest BCUT2D eigenvalue weighted by molar-refractivity contribution is -0.167. The van der Waals surface area contributed by atoms with Crippen LogP contribution in [0.5, 0.6) is 0 Å². The predicted molar refractivity (Wildman–Crippen MR) is 146 cm³/mol. The Morgan fingerprint density at radius 3 is 2.05 bits per heavy atom. The molecule has 1 aliphatic rings. The molecule has 0 aromatic heterocycles. The first-order chi connectivity index (χ1) is 18.6. The van der Waals surface area contributed by atoms with Gasteiger partial charge < -0.3 is 16.0 Å². The third-order valence-corrected chi connectivity index (χ3v) is 7.86. The van der Waals surface area contributed by atoms with Gasteiger partial charge in [0.25, 0.3) is 5.91 Å². The zero-order valence-corrected chi connectivity index (χ0v) is 23.3. The van der Waals surface area contributed by atoms with Gasteiger partial charge in [-0.15, -0.1) is 23.2 Å². The molecule has 3 amide bonds. The summed E-state index contributed by atoms with van der Waals surface area (Å²) in [7, 11) is 0. The van der Waals surface area contributed by atoms with Crippen molar-refractivity contribution in [1.29, 1.82) is 0 Å². The quantitative estimate of drug-likeness (QED) is 0.185. The van der Waals surface area contributed by atoms with E-state index in [0.717, 1.165) is 18.2 Å². The number of hydrogen-bond acceptors (Lipinski definition) is 3. The predicted octanol–water partition coefficient (Wildman–Crippen LogP) is 8.07. The number of hydrogen-bond donors (Lipinski definition) is 3. The van der Waals surface area contributed by atoms with Crippen LogP contribution in [0.25, 0.3) is 0 Å². The number of halogens is 9. The number of benzene rings is 3. The summed E-state index contributed by atoms with van der Waals surface area (Å²) in [6, 6.07) is 11.3. The molecule has 3 N–H and O–H groups in total. The van der Waals surface area contributed by atoms with Gasteiger partial charge in [0.1, 0.15) is 10.2 Å². The minimum atomic E-state index is -5.25. The number of nitrogens with one attached hydrogen (secondary N) is 3. The minimum absolute atomic E-state index is 0.0349. The Kier molecular flexibility index (Phi) is 8.50. The van der Waals surface area contributed by atoms with E-state index in [0.29, 0.717) is 10.6 Å². The lowest BCUT2D eigenvalue weighted by Gasteiger charge is -2.12. The van der Waals surface area contributed by atoms with E-state index in [1.54, 1.807) is 18.2 Å². The zero-order valence-electron chi connectivity index (χ0n) is 19.5. The smallest absolute Gasteiger partial charge is 0.326 e. The monoisotopic (exact) mass is 655 g/mol. The Morgan fingerprint density at radius 2 is 1.40 bits per heavy atom. The topological polar surface area (TPSA) is 87.3 Å². The largest absolute Gasteiger partial charge is 0.471 e. The van der Waals surface area contributed by atoms with Crippen LogP contribution in [0.1, 0.15) is 21.8 Å². The van der Waals surface area contributed by atoms with Crippen molar-refractivity contribution in [3.63, 3.8) is 0 Å². The van der Waals surface area contributed by atoms with Crippen molar-refractivity contribution in [2.45, 2.75) is 16.4 Å². The van der Waals surface area contributed by atoms with Gasteiger partial charge in [-0.1, -0.05) is 40.9 Å². The number of anilines is 3. The fraction of sp³-hybridized carbons (Fsp3) is 0.160. The maximum atomic E-state index is 13.9. The number of carbonyl (C=O) groups excluding carboxylic acids is 3. The van der Waals surface area contributed by atoms with Crippen molar-refractivity contribution in [3.05, 3.63) is 86.6 Å². The molecule has 3 aromatic carbocycles. The number of rotatable bonds is 6.